The first-order valence-corrected chi connectivity index (χ1v) is 12.7. The van der Waals surface area contributed by atoms with Crippen molar-refractivity contribution in [1.29, 1.82) is 0 Å². The molecule has 178 valence electrons. The lowest BCUT2D eigenvalue weighted by molar-refractivity contribution is 0.0598. The van der Waals surface area contributed by atoms with Crippen molar-refractivity contribution in [2.24, 2.45) is 0 Å². The molecular formula is C25H25F2N3O3S. The van der Waals surface area contributed by atoms with Gasteiger partial charge in [-0.05, 0) is 47.5 Å². The molecule has 0 aromatic heterocycles. The Hall–Kier alpha value is -3.30. The molecule has 1 aliphatic heterocycles. The third kappa shape index (κ3) is 5.60. The standard InChI is InChI=1S/C25H25F2N3O3S/c1-34(32,33)28-23-5-3-2-4-22(23)25(31)30-16-14-29(15-17-30)24(18-6-10-20(26)11-7-18)19-8-12-21(27)13-9-19/h2-13,24,28H,14-17H2,1H3. The molecule has 1 aliphatic rings. The Morgan fingerprint density at radius 1 is 0.824 bits per heavy atom. The van der Waals surface area contributed by atoms with Gasteiger partial charge in [0.2, 0.25) is 10.0 Å². The van der Waals surface area contributed by atoms with Gasteiger partial charge in [-0.1, -0.05) is 36.4 Å². The number of nitrogens with zero attached hydrogens (tertiary/aromatic N) is 2. The Balaban J connectivity index is 1.54. The minimum atomic E-state index is -3.53. The van der Waals surface area contributed by atoms with Crippen LogP contribution in [0.15, 0.2) is 72.8 Å². The molecule has 0 atom stereocenters. The van der Waals surface area contributed by atoms with Crippen LogP contribution in [-0.4, -0.2) is 56.6 Å². The van der Waals surface area contributed by atoms with Gasteiger partial charge in [0, 0.05) is 26.2 Å². The zero-order chi connectivity index (χ0) is 24.3. The highest BCUT2D eigenvalue weighted by atomic mass is 32.2. The lowest BCUT2D eigenvalue weighted by Crippen LogP contribution is -2.50. The van der Waals surface area contributed by atoms with Crippen molar-refractivity contribution in [3.05, 3.63) is 101 Å². The Kier molecular flexibility index (Phi) is 6.95. The van der Waals surface area contributed by atoms with Crippen molar-refractivity contribution in [2.75, 3.05) is 37.2 Å². The van der Waals surface area contributed by atoms with Crippen LogP contribution in [-0.2, 0) is 10.0 Å². The van der Waals surface area contributed by atoms with Gasteiger partial charge >= 0.3 is 0 Å². The van der Waals surface area contributed by atoms with Crippen LogP contribution in [0.2, 0.25) is 0 Å². The number of rotatable bonds is 6. The quantitative estimate of drug-likeness (QED) is 0.575. The summed E-state index contributed by atoms with van der Waals surface area (Å²) in [6, 6.07) is 18.8. The van der Waals surface area contributed by atoms with Gasteiger partial charge in [0.15, 0.2) is 0 Å². The highest BCUT2D eigenvalue weighted by molar-refractivity contribution is 7.92. The number of sulfonamides is 1. The third-order valence-electron chi connectivity index (χ3n) is 5.79. The van der Waals surface area contributed by atoms with Gasteiger partial charge in [-0.3, -0.25) is 14.4 Å². The second-order valence-corrected chi connectivity index (χ2v) is 10.0. The van der Waals surface area contributed by atoms with E-state index in [0.717, 1.165) is 17.4 Å². The van der Waals surface area contributed by atoms with Crippen LogP contribution in [0, 0.1) is 11.6 Å². The van der Waals surface area contributed by atoms with E-state index >= 15 is 0 Å². The molecule has 0 saturated carbocycles. The van der Waals surface area contributed by atoms with Gasteiger partial charge in [0.25, 0.3) is 5.91 Å². The number of nitrogens with one attached hydrogen (secondary N) is 1. The average Bonchev–Trinajstić information content (AvgIpc) is 2.81. The molecule has 9 heteroatoms. The number of para-hydroxylation sites is 1. The molecule has 0 unspecified atom stereocenters. The van der Waals surface area contributed by atoms with Gasteiger partial charge in [-0.2, -0.15) is 0 Å². The molecule has 0 bridgehead atoms. The molecule has 3 aromatic carbocycles. The number of hydrogen-bond donors (Lipinski definition) is 1. The number of benzene rings is 3. The second kappa shape index (κ2) is 9.90. The van der Waals surface area contributed by atoms with E-state index in [9.17, 15) is 22.0 Å². The van der Waals surface area contributed by atoms with Crippen molar-refractivity contribution in [1.82, 2.24) is 9.80 Å². The molecule has 1 fully saturated rings. The number of carbonyl (C=O) groups is 1. The molecule has 34 heavy (non-hydrogen) atoms. The van der Waals surface area contributed by atoms with Crippen LogP contribution in [0.5, 0.6) is 0 Å². The normalized spacial score (nSPS) is 14.9. The molecule has 1 saturated heterocycles. The number of piperazine rings is 1. The number of halogens is 2. The molecule has 0 spiro atoms. The van der Waals surface area contributed by atoms with Crippen LogP contribution >= 0.6 is 0 Å². The van der Waals surface area contributed by atoms with Crippen LogP contribution in [0.3, 0.4) is 0 Å². The first kappa shape index (κ1) is 23.8. The summed E-state index contributed by atoms with van der Waals surface area (Å²) in [5, 5.41) is 0. The largest absolute Gasteiger partial charge is 0.336 e. The van der Waals surface area contributed by atoms with Crippen LogP contribution < -0.4 is 4.72 Å². The molecule has 1 heterocycles. The van der Waals surface area contributed by atoms with Crippen molar-refractivity contribution in [3.63, 3.8) is 0 Å². The van der Waals surface area contributed by atoms with E-state index in [1.165, 1.54) is 24.3 Å². The fourth-order valence-electron chi connectivity index (χ4n) is 4.22. The summed E-state index contributed by atoms with van der Waals surface area (Å²) in [6.45, 7) is 1.91. The summed E-state index contributed by atoms with van der Waals surface area (Å²) in [4.78, 5) is 17.0. The summed E-state index contributed by atoms with van der Waals surface area (Å²) in [5.74, 6) is -0.928. The third-order valence-corrected chi connectivity index (χ3v) is 6.38. The molecule has 0 radical (unpaired) electrons. The lowest BCUT2D eigenvalue weighted by Gasteiger charge is -2.40. The van der Waals surface area contributed by atoms with E-state index in [-0.39, 0.29) is 34.8 Å². The maximum absolute atomic E-state index is 13.5. The Morgan fingerprint density at radius 2 is 1.32 bits per heavy atom. The van der Waals surface area contributed by atoms with E-state index in [2.05, 4.69) is 9.62 Å². The zero-order valence-corrected chi connectivity index (χ0v) is 19.4. The maximum atomic E-state index is 13.5. The summed E-state index contributed by atoms with van der Waals surface area (Å²) >= 11 is 0. The van der Waals surface area contributed by atoms with Crippen molar-refractivity contribution >= 4 is 21.6 Å². The van der Waals surface area contributed by atoms with E-state index < -0.39 is 10.0 Å². The predicted octanol–water partition coefficient (Wildman–Crippen LogP) is 3.88. The maximum Gasteiger partial charge on any atom is 0.256 e. The zero-order valence-electron chi connectivity index (χ0n) is 18.6. The van der Waals surface area contributed by atoms with E-state index in [1.54, 1.807) is 53.4 Å². The summed E-state index contributed by atoms with van der Waals surface area (Å²) < 4.78 is 52.9. The molecule has 1 amide bonds. The van der Waals surface area contributed by atoms with Crippen molar-refractivity contribution in [2.45, 2.75) is 6.04 Å². The van der Waals surface area contributed by atoms with Crippen molar-refractivity contribution in [3.8, 4) is 0 Å². The first-order valence-electron chi connectivity index (χ1n) is 10.8. The van der Waals surface area contributed by atoms with E-state index in [4.69, 9.17) is 0 Å². The highest BCUT2D eigenvalue weighted by Gasteiger charge is 2.29. The van der Waals surface area contributed by atoms with Crippen LogP contribution in [0.1, 0.15) is 27.5 Å². The molecule has 3 aromatic rings. The minimum Gasteiger partial charge on any atom is -0.336 e. The SMILES string of the molecule is CS(=O)(=O)Nc1ccccc1C(=O)N1CCN(C(c2ccc(F)cc2)c2ccc(F)cc2)CC1. The van der Waals surface area contributed by atoms with Crippen molar-refractivity contribution < 1.29 is 22.0 Å². The number of amides is 1. The number of carbonyl (C=O) groups excluding carboxylic acids is 1. The van der Waals surface area contributed by atoms with Gasteiger partial charge in [-0.25, -0.2) is 17.2 Å². The molecule has 6 nitrogen and oxygen atoms in total. The Labute approximate surface area is 197 Å². The fourth-order valence-corrected chi connectivity index (χ4v) is 4.79. The van der Waals surface area contributed by atoms with Gasteiger partial charge < -0.3 is 4.90 Å². The number of hydrogen-bond acceptors (Lipinski definition) is 4. The monoisotopic (exact) mass is 485 g/mol. The fraction of sp³-hybridized carbons (Fsp3) is 0.240. The summed E-state index contributed by atoms with van der Waals surface area (Å²) in [5.41, 5.74) is 2.27. The smallest absolute Gasteiger partial charge is 0.256 e. The predicted molar refractivity (Wildman–Crippen MR) is 127 cm³/mol. The van der Waals surface area contributed by atoms with Crippen LogP contribution in [0.25, 0.3) is 0 Å². The van der Waals surface area contributed by atoms with E-state index in [0.29, 0.717) is 26.2 Å². The topological polar surface area (TPSA) is 69.7 Å². The molecule has 0 aliphatic carbocycles. The van der Waals surface area contributed by atoms with Gasteiger partial charge in [-0.15, -0.1) is 0 Å². The van der Waals surface area contributed by atoms with E-state index in [1.807, 2.05) is 0 Å². The van der Waals surface area contributed by atoms with Crippen LogP contribution in [0.4, 0.5) is 14.5 Å². The average molecular weight is 486 g/mol. The molecular weight excluding hydrogens is 460 g/mol. The summed E-state index contributed by atoms with van der Waals surface area (Å²) in [6.07, 6.45) is 1.04. The van der Waals surface area contributed by atoms with Gasteiger partial charge in [0.05, 0.1) is 23.5 Å². The summed E-state index contributed by atoms with van der Waals surface area (Å²) in [7, 11) is -3.53. The highest BCUT2D eigenvalue weighted by Crippen LogP contribution is 2.30. The molecule has 4 rings (SSSR count). The minimum absolute atomic E-state index is 0.224. The Bertz CT molecular complexity index is 1210. The van der Waals surface area contributed by atoms with Gasteiger partial charge in [0.1, 0.15) is 11.6 Å². The Morgan fingerprint density at radius 3 is 1.82 bits per heavy atom. The molecule has 1 N–H and O–H groups in total. The first-order chi connectivity index (χ1) is 16.2. The lowest BCUT2D eigenvalue weighted by atomic mass is 9.96. The second-order valence-electron chi connectivity index (χ2n) is 8.25. The number of anilines is 1.